The molecular weight excluding hydrogens is 224 g/mol. The highest BCUT2D eigenvalue weighted by Gasteiger charge is 2.14. The molecule has 0 amide bonds. The lowest BCUT2D eigenvalue weighted by Crippen LogP contribution is -2.36. The fourth-order valence-corrected chi connectivity index (χ4v) is 2.00. The molecule has 4 heteroatoms. The Labute approximate surface area is 100 Å². The van der Waals surface area contributed by atoms with Gasteiger partial charge in [0.05, 0.1) is 24.5 Å². The maximum Gasteiger partial charge on any atom is 0.101 e. The molecule has 0 saturated carbocycles. The van der Waals surface area contributed by atoms with Gasteiger partial charge in [0, 0.05) is 19.0 Å². The number of alkyl halides is 1. The van der Waals surface area contributed by atoms with E-state index in [2.05, 4.69) is 11.0 Å². The summed E-state index contributed by atoms with van der Waals surface area (Å²) in [4.78, 5) is 2.18. The predicted molar refractivity (Wildman–Crippen MR) is 63.7 cm³/mol. The number of ether oxygens (including phenoxy) is 1. The standard InChI is InChI=1S/C12H13ClN2O/c13-8-10-1-2-12(11(7-10)9-14)15-3-5-16-6-4-15/h1-2,7H,3-6,8H2. The average Bonchev–Trinajstić information content (AvgIpc) is 2.39. The van der Waals surface area contributed by atoms with Crippen LogP contribution in [0.3, 0.4) is 0 Å². The number of rotatable bonds is 2. The van der Waals surface area contributed by atoms with Crippen molar-refractivity contribution in [3.05, 3.63) is 29.3 Å². The highest BCUT2D eigenvalue weighted by atomic mass is 35.5. The van der Waals surface area contributed by atoms with Crippen LogP contribution in [0.25, 0.3) is 0 Å². The van der Waals surface area contributed by atoms with E-state index in [-0.39, 0.29) is 0 Å². The summed E-state index contributed by atoms with van der Waals surface area (Å²) in [5.74, 6) is 0.443. The fourth-order valence-electron chi connectivity index (χ4n) is 1.84. The zero-order chi connectivity index (χ0) is 11.4. The zero-order valence-electron chi connectivity index (χ0n) is 8.95. The molecule has 3 nitrogen and oxygen atoms in total. The minimum absolute atomic E-state index is 0.443. The van der Waals surface area contributed by atoms with Crippen molar-refractivity contribution < 1.29 is 4.74 Å². The first-order valence-electron chi connectivity index (χ1n) is 5.27. The van der Waals surface area contributed by atoms with Crippen molar-refractivity contribution in [2.45, 2.75) is 5.88 Å². The first-order valence-corrected chi connectivity index (χ1v) is 5.80. The molecule has 1 saturated heterocycles. The third-order valence-electron chi connectivity index (χ3n) is 2.69. The summed E-state index contributed by atoms with van der Waals surface area (Å²) in [6.07, 6.45) is 0. The Bertz CT molecular complexity index is 408. The normalized spacial score (nSPS) is 15.9. The van der Waals surface area contributed by atoms with Crippen LogP contribution in [0, 0.1) is 11.3 Å². The summed E-state index contributed by atoms with van der Waals surface area (Å²) in [6, 6.07) is 8.03. The van der Waals surface area contributed by atoms with Crippen LogP contribution in [0.4, 0.5) is 5.69 Å². The molecule has 0 atom stereocenters. The number of benzene rings is 1. The maximum absolute atomic E-state index is 9.12. The number of anilines is 1. The number of morpholine rings is 1. The van der Waals surface area contributed by atoms with E-state index in [4.69, 9.17) is 21.6 Å². The van der Waals surface area contributed by atoms with Crippen LogP contribution in [-0.4, -0.2) is 26.3 Å². The second-order valence-corrected chi connectivity index (χ2v) is 3.96. The third kappa shape index (κ3) is 2.29. The van der Waals surface area contributed by atoms with Gasteiger partial charge in [0.2, 0.25) is 0 Å². The molecule has 0 aliphatic carbocycles. The first-order chi connectivity index (χ1) is 7.85. The zero-order valence-corrected chi connectivity index (χ0v) is 9.70. The molecule has 1 aromatic carbocycles. The molecule has 1 heterocycles. The van der Waals surface area contributed by atoms with Crippen LogP contribution in [0.15, 0.2) is 18.2 Å². The lowest BCUT2D eigenvalue weighted by Gasteiger charge is -2.29. The minimum atomic E-state index is 0.443. The summed E-state index contributed by atoms with van der Waals surface area (Å²) in [7, 11) is 0. The fraction of sp³-hybridized carbons (Fsp3) is 0.417. The summed E-state index contributed by atoms with van der Waals surface area (Å²) in [5, 5.41) is 9.12. The summed E-state index contributed by atoms with van der Waals surface area (Å²) < 4.78 is 5.29. The molecule has 84 valence electrons. The molecule has 0 spiro atoms. The molecule has 0 unspecified atom stereocenters. The van der Waals surface area contributed by atoms with Crippen molar-refractivity contribution in [2.75, 3.05) is 31.2 Å². The quantitative estimate of drug-likeness (QED) is 0.739. The Kier molecular flexibility index (Phi) is 3.66. The van der Waals surface area contributed by atoms with Crippen LogP contribution >= 0.6 is 11.6 Å². The van der Waals surface area contributed by atoms with Crippen LogP contribution in [0.1, 0.15) is 11.1 Å². The molecule has 1 aliphatic rings. The van der Waals surface area contributed by atoms with Gasteiger partial charge in [-0.1, -0.05) is 6.07 Å². The van der Waals surface area contributed by atoms with E-state index < -0.39 is 0 Å². The van der Waals surface area contributed by atoms with Gasteiger partial charge < -0.3 is 9.64 Å². The Hall–Kier alpha value is -1.24. The van der Waals surface area contributed by atoms with Crippen LogP contribution in [-0.2, 0) is 10.6 Å². The molecule has 1 aromatic rings. The number of hydrogen-bond donors (Lipinski definition) is 0. The third-order valence-corrected chi connectivity index (χ3v) is 3.00. The van der Waals surface area contributed by atoms with Crippen molar-refractivity contribution >= 4 is 17.3 Å². The summed E-state index contributed by atoms with van der Waals surface area (Å²) in [5.41, 5.74) is 2.66. The predicted octanol–water partition coefficient (Wildman–Crippen LogP) is 2.13. The molecule has 0 radical (unpaired) electrons. The van der Waals surface area contributed by atoms with E-state index in [1.54, 1.807) is 0 Å². The van der Waals surface area contributed by atoms with E-state index in [1.165, 1.54) is 0 Å². The van der Waals surface area contributed by atoms with Gasteiger partial charge in [0.25, 0.3) is 0 Å². The monoisotopic (exact) mass is 236 g/mol. The highest BCUT2D eigenvalue weighted by molar-refractivity contribution is 6.17. The molecule has 0 aromatic heterocycles. The Balaban J connectivity index is 2.29. The van der Waals surface area contributed by atoms with Gasteiger partial charge in [0.1, 0.15) is 6.07 Å². The molecule has 0 N–H and O–H groups in total. The minimum Gasteiger partial charge on any atom is -0.378 e. The first kappa shape index (κ1) is 11.3. The van der Waals surface area contributed by atoms with Crippen molar-refractivity contribution in [1.82, 2.24) is 0 Å². The molecule has 2 rings (SSSR count). The SMILES string of the molecule is N#Cc1cc(CCl)ccc1N1CCOCC1. The van der Waals surface area contributed by atoms with Crippen molar-refractivity contribution in [1.29, 1.82) is 5.26 Å². The van der Waals surface area contributed by atoms with Gasteiger partial charge in [-0.25, -0.2) is 0 Å². The molecule has 16 heavy (non-hydrogen) atoms. The average molecular weight is 237 g/mol. The van der Waals surface area contributed by atoms with Crippen LogP contribution in [0.2, 0.25) is 0 Å². The molecule has 1 aliphatic heterocycles. The number of hydrogen-bond acceptors (Lipinski definition) is 3. The van der Waals surface area contributed by atoms with Gasteiger partial charge in [-0.3, -0.25) is 0 Å². The van der Waals surface area contributed by atoms with Crippen molar-refractivity contribution in [2.24, 2.45) is 0 Å². The lowest BCUT2D eigenvalue weighted by molar-refractivity contribution is 0.122. The second-order valence-electron chi connectivity index (χ2n) is 3.70. The Morgan fingerprint density at radius 3 is 2.75 bits per heavy atom. The largest absolute Gasteiger partial charge is 0.378 e. The van der Waals surface area contributed by atoms with Gasteiger partial charge in [-0.15, -0.1) is 11.6 Å². The number of nitrogens with zero attached hydrogens (tertiary/aromatic N) is 2. The highest BCUT2D eigenvalue weighted by Crippen LogP contribution is 2.23. The summed E-state index contributed by atoms with van der Waals surface area (Å²) in [6.45, 7) is 3.13. The van der Waals surface area contributed by atoms with Crippen LogP contribution in [0.5, 0.6) is 0 Å². The summed E-state index contributed by atoms with van der Waals surface area (Å²) >= 11 is 5.75. The van der Waals surface area contributed by atoms with Gasteiger partial charge in [-0.05, 0) is 17.7 Å². The van der Waals surface area contributed by atoms with E-state index in [0.29, 0.717) is 11.4 Å². The van der Waals surface area contributed by atoms with E-state index in [9.17, 15) is 0 Å². The van der Waals surface area contributed by atoms with E-state index in [0.717, 1.165) is 37.6 Å². The van der Waals surface area contributed by atoms with Crippen molar-refractivity contribution in [3.63, 3.8) is 0 Å². The van der Waals surface area contributed by atoms with E-state index >= 15 is 0 Å². The lowest BCUT2D eigenvalue weighted by atomic mass is 10.1. The number of halogens is 1. The van der Waals surface area contributed by atoms with Gasteiger partial charge >= 0.3 is 0 Å². The Morgan fingerprint density at radius 1 is 1.38 bits per heavy atom. The van der Waals surface area contributed by atoms with E-state index in [1.807, 2.05) is 18.2 Å². The molecule has 0 bridgehead atoms. The second kappa shape index (κ2) is 5.20. The molecular formula is C12H13ClN2O. The van der Waals surface area contributed by atoms with Gasteiger partial charge in [-0.2, -0.15) is 5.26 Å². The Morgan fingerprint density at radius 2 is 2.12 bits per heavy atom. The van der Waals surface area contributed by atoms with Gasteiger partial charge in [0.15, 0.2) is 0 Å². The van der Waals surface area contributed by atoms with Crippen LogP contribution < -0.4 is 4.90 Å². The maximum atomic E-state index is 9.12. The topological polar surface area (TPSA) is 36.3 Å². The smallest absolute Gasteiger partial charge is 0.101 e. The number of nitriles is 1. The van der Waals surface area contributed by atoms with Crippen molar-refractivity contribution in [3.8, 4) is 6.07 Å². The molecule has 1 fully saturated rings.